The van der Waals surface area contributed by atoms with Gasteiger partial charge in [0.1, 0.15) is 35.2 Å². The third-order valence-corrected chi connectivity index (χ3v) is 9.74. The number of aromatic hydroxyl groups is 1. The van der Waals surface area contributed by atoms with Crippen LogP contribution < -0.4 is 15.4 Å². The van der Waals surface area contributed by atoms with E-state index >= 15 is 4.39 Å². The van der Waals surface area contributed by atoms with Crippen molar-refractivity contribution in [2.24, 2.45) is 0 Å². The van der Waals surface area contributed by atoms with E-state index in [0.717, 1.165) is 64.6 Å². The summed E-state index contributed by atoms with van der Waals surface area (Å²) < 4.78 is 38.1. The Bertz CT molecular complexity index is 1810. The standard InChI is InChI=1S/C35H38F2N6O2/c1-3-5-14-38-19-22-9-11-27-29-32(41-34(42-33(29)39-22)45-20-35-12-6-15-43(35)16-7-13-35)30(37)31(40-27)25-18-23(44)17-21-8-10-26(36)24(4-2)28(21)25/h2,8,10,17-18,22,38,44H,3,5-7,9,11-16,19-20H2,1H3,(H,39,41,42). The molecule has 5 heterocycles. The number of phenolic OH excluding ortho intramolecular Hbond substituents is 1. The summed E-state index contributed by atoms with van der Waals surface area (Å²) in [7, 11) is 0. The molecule has 2 aromatic heterocycles. The number of rotatable bonds is 9. The molecule has 4 aromatic rings. The monoisotopic (exact) mass is 612 g/mol. The summed E-state index contributed by atoms with van der Waals surface area (Å²) in [6.07, 6.45) is 13.6. The fourth-order valence-corrected chi connectivity index (χ4v) is 7.47. The number of halogens is 2. The number of nitrogens with one attached hydrogen (secondary N) is 2. The van der Waals surface area contributed by atoms with Crippen LogP contribution in [0.25, 0.3) is 32.9 Å². The van der Waals surface area contributed by atoms with Gasteiger partial charge in [-0.3, -0.25) is 4.90 Å². The quantitative estimate of drug-likeness (QED) is 0.158. The third kappa shape index (κ3) is 5.32. The lowest BCUT2D eigenvalue weighted by Gasteiger charge is -2.31. The van der Waals surface area contributed by atoms with Crippen molar-refractivity contribution in [1.82, 2.24) is 25.2 Å². The SMILES string of the molecule is C#Cc1c(F)ccc2cc(O)cc(-c3nc4c5c(nc(OCC67CCCN6CCC7)nc5c3F)NC(CNCCCC)CC4)c12. The Hall–Kier alpha value is -4.07. The average Bonchev–Trinajstić information content (AvgIpc) is 3.57. The molecule has 1 unspecified atom stereocenters. The van der Waals surface area contributed by atoms with Gasteiger partial charge in [0.2, 0.25) is 0 Å². The van der Waals surface area contributed by atoms with Crippen LogP contribution in [0, 0.1) is 24.0 Å². The van der Waals surface area contributed by atoms with Gasteiger partial charge in [-0.2, -0.15) is 9.97 Å². The number of unbranched alkanes of at least 4 members (excludes halogenated alkanes) is 1. The van der Waals surface area contributed by atoms with Crippen LogP contribution in [0.4, 0.5) is 14.6 Å². The number of anilines is 1. The first-order valence-electron chi connectivity index (χ1n) is 16.1. The maximum Gasteiger partial charge on any atom is 0.319 e. The number of benzene rings is 2. The number of nitrogens with zero attached hydrogens (tertiary/aromatic N) is 4. The lowest BCUT2D eigenvalue weighted by atomic mass is 9.95. The highest BCUT2D eigenvalue weighted by atomic mass is 19.1. The largest absolute Gasteiger partial charge is 0.508 e. The third-order valence-electron chi connectivity index (χ3n) is 9.74. The van der Waals surface area contributed by atoms with Crippen molar-refractivity contribution in [3.8, 4) is 35.4 Å². The number of pyridine rings is 1. The second-order valence-corrected chi connectivity index (χ2v) is 12.6. The van der Waals surface area contributed by atoms with Crippen LogP contribution in [-0.4, -0.2) is 69.3 Å². The highest BCUT2D eigenvalue weighted by Gasteiger charge is 2.45. The fraction of sp³-hybridized carbons (Fsp3) is 0.457. The molecule has 0 spiro atoms. The zero-order valence-electron chi connectivity index (χ0n) is 25.6. The first-order chi connectivity index (χ1) is 21.9. The van der Waals surface area contributed by atoms with Gasteiger partial charge in [-0.1, -0.05) is 25.3 Å². The number of ether oxygens (including phenoxy) is 1. The van der Waals surface area contributed by atoms with Crippen LogP contribution in [0.1, 0.15) is 63.1 Å². The minimum Gasteiger partial charge on any atom is -0.508 e. The molecule has 234 valence electrons. The highest BCUT2D eigenvalue weighted by molar-refractivity contribution is 6.03. The zero-order chi connectivity index (χ0) is 31.1. The molecule has 2 aromatic carbocycles. The molecule has 0 aliphatic carbocycles. The second-order valence-electron chi connectivity index (χ2n) is 12.6. The summed E-state index contributed by atoms with van der Waals surface area (Å²) in [5, 5.41) is 19.0. The van der Waals surface area contributed by atoms with E-state index in [9.17, 15) is 9.50 Å². The van der Waals surface area contributed by atoms with E-state index in [1.54, 1.807) is 0 Å². The average molecular weight is 613 g/mol. The van der Waals surface area contributed by atoms with Gasteiger partial charge in [0, 0.05) is 23.5 Å². The molecule has 1 atom stereocenters. The molecule has 7 rings (SSSR count). The van der Waals surface area contributed by atoms with Crippen LogP contribution in [0.2, 0.25) is 0 Å². The van der Waals surface area contributed by atoms with Gasteiger partial charge in [0.25, 0.3) is 0 Å². The molecule has 2 saturated heterocycles. The highest BCUT2D eigenvalue weighted by Crippen LogP contribution is 2.42. The number of fused-ring (bicyclic) bond motifs is 2. The summed E-state index contributed by atoms with van der Waals surface area (Å²) in [5.74, 6) is 1.49. The van der Waals surface area contributed by atoms with Crippen LogP contribution in [-0.2, 0) is 6.42 Å². The predicted molar refractivity (Wildman–Crippen MR) is 172 cm³/mol. The first kappa shape index (κ1) is 29.6. The second kappa shape index (κ2) is 12.0. The molecule has 0 saturated carbocycles. The predicted octanol–water partition coefficient (Wildman–Crippen LogP) is 5.93. The van der Waals surface area contributed by atoms with Crippen LogP contribution >= 0.6 is 0 Å². The normalized spacial score (nSPS) is 18.9. The van der Waals surface area contributed by atoms with Gasteiger partial charge in [-0.05, 0) is 88.2 Å². The molecule has 0 bridgehead atoms. The van der Waals surface area contributed by atoms with Crippen LogP contribution in [0.3, 0.4) is 0 Å². The summed E-state index contributed by atoms with van der Waals surface area (Å²) >= 11 is 0. The maximum absolute atomic E-state index is 16.8. The van der Waals surface area contributed by atoms with E-state index < -0.39 is 11.6 Å². The Labute approximate surface area is 261 Å². The van der Waals surface area contributed by atoms with Gasteiger partial charge in [-0.25, -0.2) is 13.8 Å². The molecule has 10 heteroatoms. The van der Waals surface area contributed by atoms with Crippen LogP contribution in [0.15, 0.2) is 24.3 Å². The fourth-order valence-electron chi connectivity index (χ4n) is 7.47. The van der Waals surface area contributed by atoms with Gasteiger partial charge < -0.3 is 20.5 Å². The van der Waals surface area contributed by atoms with E-state index in [-0.39, 0.29) is 45.7 Å². The van der Waals surface area contributed by atoms with Gasteiger partial charge >= 0.3 is 6.01 Å². The van der Waals surface area contributed by atoms with Crippen molar-refractivity contribution in [2.75, 3.05) is 38.1 Å². The lowest BCUT2D eigenvalue weighted by Crippen LogP contribution is -2.43. The lowest BCUT2D eigenvalue weighted by molar-refractivity contribution is 0.108. The Morgan fingerprint density at radius 1 is 1.16 bits per heavy atom. The molecule has 3 N–H and O–H groups in total. The Morgan fingerprint density at radius 3 is 2.76 bits per heavy atom. The number of phenols is 1. The number of terminal acetylenes is 1. The van der Waals surface area contributed by atoms with Crippen molar-refractivity contribution in [3.05, 3.63) is 47.2 Å². The van der Waals surface area contributed by atoms with E-state index in [1.807, 2.05) is 0 Å². The summed E-state index contributed by atoms with van der Waals surface area (Å²) in [6, 6.07) is 5.76. The topological polar surface area (TPSA) is 95.4 Å². The molecule has 2 fully saturated rings. The molecule has 8 nitrogen and oxygen atoms in total. The van der Waals surface area contributed by atoms with Crippen molar-refractivity contribution in [1.29, 1.82) is 0 Å². The van der Waals surface area contributed by atoms with Crippen molar-refractivity contribution < 1.29 is 18.6 Å². The van der Waals surface area contributed by atoms with Gasteiger partial charge in [-0.15, -0.1) is 6.42 Å². The van der Waals surface area contributed by atoms with Crippen molar-refractivity contribution >= 4 is 27.5 Å². The number of aromatic nitrogens is 3. The minimum absolute atomic E-state index is 0.0149. The van der Waals surface area contributed by atoms with E-state index in [2.05, 4.69) is 33.4 Å². The van der Waals surface area contributed by atoms with E-state index in [0.29, 0.717) is 47.2 Å². The molecule has 0 radical (unpaired) electrons. The number of aryl methyl sites for hydroxylation is 1. The molecule has 3 aliphatic rings. The van der Waals surface area contributed by atoms with Crippen molar-refractivity contribution in [2.45, 2.75) is 69.9 Å². The summed E-state index contributed by atoms with van der Waals surface area (Å²) in [6.45, 7) is 6.34. The molecular weight excluding hydrogens is 574 g/mol. The molecule has 45 heavy (non-hydrogen) atoms. The number of hydrogen-bond donors (Lipinski definition) is 3. The van der Waals surface area contributed by atoms with Crippen LogP contribution in [0.5, 0.6) is 11.8 Å². The summed E-state index contributed by atoms with van der Waals surface area (Å²) in [5.41, 5.74) is 0.806. The maximum atomic E-state index is 16.8. The Kier molecular flexibility index (Phi) is 7.92. The van der Waals surface area contributed by atoms with Gasteiger partial charge in [0.05, 0.1) is 22.2 Å². The molecule has 0 amide bonds. The van der Waals surface area contributed by atoms with E-state index in [1.165, 1.54) is 24.3 Å². The number of hydrogen-bond acceptors (Lipinski definition) is 8. The molecular formula is C35H38F2N6O2. The van der Waals surface area contributed by atoms with Gasteiger partial charge in [0.15, 0.2) is 5.82 Å². The molecule has 3 aliphatic heterocycles. The smallest absolute Gasteiger partial charge is 0.319 e. The summed E-state index contributed by atoms with van der Waals surface area (Å²) in [4.78, 5) is 16.8. The Morgan fingerprint density at radius 2 is 1.98 bits per heavy atom. The Balaban J connectivity index is 1.36. The van der Waals surface area contributed by atoms with Crippen molar-refractivity contribution in [3.63, 3.8) is 0 Å². The minimum atomic E-state index is -0.704. The first-order valence-corrected chi connectivity index (χ1v) is 16.1. The van der Waals surface area contributed by atoms with E-state index in [4.69, 9.17) is 21.1 Å². The zero-order valence-corrected chi connectivity index (χ0v) is 25.6.